The second kappa shape index (κ2) is 13.2. The molecule has 0 radical (unpaired) electrons. The molecule has 3 N–H and O–H groups in total. The number of nitrogens with zero attached hydrogens (tertiary/aromatic N) is 2. The van der Waals surface area contributed by atoms with E-state index in [1.807, 2.05) is 38.2 Å². The first-order valence-electron chi connectivity index (χ1n) is 13.6. The Bertz CT molecular complexity index is 1040. The molecule has 10 heteroatoms. The van der Waals surface area contributed by atoms with Gasteiger partial charge in [-0.3, -0.25) is 15.0 Å². The summed E-state index contributed by atoms with van der Waals surface area (Å²) < 4.78 is 5.50. The third-order valence-electron chi connectivity index (χ3n) is 7.39. The van der Waals surface area contributed by atoms with E-state index in [1.165, 1.54) is 0 Å². The van der Waals surface area contributed by atoms with Gasteiger partial charge in [-0.1, -0.05) is 76.6 Å². The van der Waals surface area contributed by atoms with Gasteiger partial charge >= 0.3 is 6.09 Å². The zero-order valence-electron chi connectivity index (χ0n) is 22.6. The molecule has 1 spiro atoms. The molecule has 2 fully saturated rings. The van der Waals surface area contributed by atoms with E-state index in [1.54, 1.807) is 6.07 Å². The number of nitrogens with one attached hydrogen (secondary N) is 3. The number of carbonyl (C=O) groups excluding carboxylic acids is 3. The average Bonchev–Trinajstić information content (AvgIpc) is 3.56. The molecule has 0 bridgehead atoms. The van der Waals surface area contributed by atoms with Gasteiger partial charge in [0.1, 0.15) is 12.6 Å². The fraction of sp³-hybridized carbons (Fsp3) is 0.643. The zero-order chi connectivity index (χ0) is 27.8. The van der Waals surface area contributed by atoms with E-state index in [2.05, 4.69) is 23.0 Å². The van der Waals surface area contributed by atoms with Crippen LogP contribution >= 0.6 is 11.6 Å². The molecule has 2 unspecified atom stereocenters. The van der Waals surface area contributed by atoms with Crippen molar-refractivity contribution in [2.45, 2.75) is 95.6 Å². The monoisotopic (exact) mass is 545 g/mol. The Labute approximate surface area is 230 Å². The van der Waals surface area contributed by atoms with Crippen LogP contribution in [0.15, 0.2) is 24.3 Å². The summed E-state index contributed by atoms with van der Waals surface area (Å²) in [5.41, 5.74) is 2.92. The standard InChI is InChI=1S/C28H40ClN5O4/c1-4-5-6-7-8-12-23(31-26(37)38-18-27(2,3)21-10-9-11-22(29)15-21)25(36)33-34(19-30)17-20-16-28(13-14-28)32-24(20)35/h9-11,15,20,23H,4-8,12-14,16-18H2,1-3H3,(H,31,37)(H,32,35)(H,33,36). The third-order valence-corrected chi connectivity index (χ3v) is 7.63. The number of ether oxygens (including phenoxy) is 1. The van der Waals surface area contributed by atoms with E-state index in [9.17, 15) is 19.6 Å². The average molecular weight is 546 g/mol. The van der Waals surface area contributed by atoms with Gasteiger partial charge in [0.05, 0.1) is 12.5 Å². The summed E-state index contributed by atoms with van der Waals surface area (Å²) in [6.07, 6.45) is 9.16. The normalized spacial score (nSPS) is 18.3. The van der Waals surface area contributed by atoms with Gasteiger partial charge < -0.3 is 15.4 Å². The number of hydrazine groups is 1. The van der Waals surface area contributed by atoms with Crippen LogP contribution in [-0.4, -0.2) is 47.6 Å². The molecule has 1 aliphatic carbocycles. The van der Waals surface area contributed by atoms with Crippen LogP contribution in [0.5, 0.6) is 0 Å². The Kier molecular flexibility index (Phi) is 10.3. The lowest BCUT2D eigenvalue weighted by Gasteiger charge is -2.26. The number of hydrogen-bond donors (Lipinski definition) is 3. The number of carbonyl (C=O) groups is 3. The van der Waals surface area contributed by atoms with E-state index < -0.39 is 23.5 Å². The highest BCUT2D eigenvalue weighted by atomic mass is 35.5. The summed E-state index contributed by atoms with van der Waals surface area (Å²) in [4.78, 5) is 38.2. The molecule has 2 atom stereocenters. The first-order chi connectivity index (χ1) is 18.1. The van der Waals surface area contributed by atoms with Gasteiger partial charge in [0, 0.05) is 16.0 Å². The van der Waals surface area contributed by atoms with Crippen molar-refractivity contribution in [3.63, 3.8) is 0 Å². The molecule has 2 aliphatic rings. The lowest BCUT2D eigenvalue weighted by atomic mass is 9.86. The minimum Gasteiger partial charge on any atom is -0.449 e. The molecule has 1 aliphatic heterocycles. The van der Waals surface area contributed by atoms with Crippen molar-refractivity contribution in [1.29, 1.82) is 5.26 Å². The summed E-state index contributed by atoms with van der Waals surface area (Å²) >= 11 is 6.12. The van der Waals surface area contributed by atoms with Crippen molar-refractivity contribution in [3.8, 4) is 6.19 Å². The lowest BCUT2D eigenvalue weighted by Crippen LogP contribution is -2.52. The van der Waals surface area contributed by atoms with Crippen molar-refractivity contribution < 1.29 is 19.1 Å². The number of hydrogen-bond acceptors (Lipinski definition) is 6. The van der Waals surface area contributed by atoms with Crippen molar-refractivity contribution in [2.75, 3.05) is 13.2 Å². The van der Waals surface area contributed by atoms with Crippen molar-refractivity contribution >= 4 is 29.5 Å². The van der Waals surface area contributed by atoms with Crippen molar-refractivity contribution in [2.24, 2.45) is 5.92 Å². The fourth-order valence-corrected chi connectivity index (χ4v) is 4.98. The van der Waals surface area contributed by atoms with Gasteiger partial charge in [-0.05, 0) is 43.4 Å². The Morgan fingerprint density at radius 3 is 2.66 bits per heavy atom. The highest BCUT2D eigenvalue weighted by Gasteiger charge is 2.52. The Morgan fingerprint density at radius 2 is 2.03 bits per heavy atom. The maximum absolute atomic E-state index is 13.1. The molecule has 208 valence electrons. The predicted molar refractivity (Wildman–Crippen MR) is 145 cm³/mol. The van der Waals surface area contributed by atoms with Gasteiger partial charge in [0.25, 0.3) is 5.91 Å². The molecule has 1 heterocycles. The van der Waals surface area contributed by atoms with E-state index in [0.29, 0.717) is 17.9 Å². The van der Waals surface area contributed by atoms with E-state index in [0.717, 1.165) is 55.5 Å². The Balaban J connectivity index is 1.56. The first-order valence-corrected chi connectivity index (χ1v) is 13.9. The van der Waals surface area contributed by atoms with Gasteiger partial charge in [-0.15, -0.1) is 0 Å². The van der Waals surface area contributed by atoms with E-state index in [-0.39, 0.29) is 30.5 Å². The van der Waals surface area contributed by atoms with Crippen LogP contribution in [0.25, 0.3) is 0 Å². The van der Waals surface area contributed by atoms with Crippen LogP contribution in [0.4, 0.5) is 4.79 Å². The van der Waals surface area contributed by atoms with Crippen molar-refractivity contribution in [3.05, 3.63) is 34.9 Å². The number of unbranched alkanes of at least 4 members (excludes halogenated alkanes) is 4. The van der Waals surface area contributed by atoms with Gasteiger partial charge in [-0.2, -0.15) is 5.26 Å². The van der Waals surface area contributed by atoms with Gasteiger partial charge in [0.2, 0.25) is 5.91 Å². The zero-order valence-corrected chi connectivity index (χ0v) is 23.4. The first kappa shape index (κ1) is 29.6. The molecule has 3 amide bonds. The quantitative estimate of drug-likeness (QED) is 0.136. The molecule has 1 saturated heterocycles. The summed E-state index contributed by atoms with van der Waals surface area (Å²) in [5.74, 6) is -0.960. The minimum absolute atomic E-state index is 0.0894. The van der Waals surface area contributed by atoms with Crippen LogP contribution in [-0.2, 0) is 19.7 Å². The molecular formula is C28H40ClN5O4. The van der Waals surface area contributed by atoms with Crippen LogP contribution in [0.3, 0.4) is 0 Å². The molecule has 9 nitrogen and oxygen atoms in total. The number of rotatable bonds is 14. The molecule has 3 rings (SSSR count). The number of nitriles is 1. The third kappa shape index (κ3) is 8.52. The second-order valence-corrected chi connectivity index (χ2v) is 11.7. The highest BCUT2D eigenvalue weighted by Crippen LogP contribution is 2.45. The molecule has 1 saturated carbocycles. The maximum Gasteiger partial charge on any atom is 0.407 e. The topological polar surface area (TPSA) is 124 Å². The Hall–Kier alpha value is -2.99. The van der Waals surface area contributed by atoms with Gasteiger partial charge in [0.15, 0.2) is 6.19 Å². The fourth-order valence-electron chi connectivity index (χ4n) is 4.79. The largest absolute Gasteiger partial charge is 0.449 e. The van der Waals surface area contributed by atoms with Crippen LogP contribution in [0.2, 0.25) is 5.02 Å². The number of benzene rings is 1. The molecule has 1 aromatic carbocycles. The number of alkyl carbamates (subject to hydrolysis) is 1. The van der Waals surface area contributed by atoms with Crippen LogP contribution < -0.4 is 16.1 Å². The molecule has 38 heavy (non-hydrogen) atoms. The maximum atomic E-state index is 13.1. The summed E-state index contributed by atoms with van der Waals surface area (Å²) in [6, 6.07) is 6.51. The summed E-state index contributed by atoms with van der Waals surface area (Å²) in [6.45, 7) is 6.20. The Morgan fingerprint density at radius 1 is 1.29 bits per heavy atom. The van der Waals surface area contributed by atoms with Crippen LogP contribution in [0, 0.1) is 17.4 Å². The number of halogens is 1. The predicted octanol–water partition coefficient (Wildman–Crippen LogP) is 4.56. The molecule has 1 aromatic rings. The van der Waals surface area contributed by atoms with E-state index >= 15 is 0 Å². The SMILES string of the molecule is CCCCCCCC(NC(=O)OCC(C)(C)c1cccc(Cl)c1)C(=O)NN(C#N)CC1CC2(CC2)NC1=O. The highest BCUT2D eigenvalue weighted by molar-refractivity contribution is 6.30. The van der Waals surface area contributed by atoms with Gasteiger partial charge in [-0.25, -0.2) is 9.80 Å². The number of amides is 3. The molecular weight excluding hydrogens is 506 g/mol. The summed E-state index contributed by atoms with van der Waals surface area (Å²) in [5, 5.41) is 17.0. The molecule has 0 aromatic heterocycles. The van der Waals surface area contributed by atoms with E-state index in [4.69, 9.17) is 16.3 Å². The lowest BCUT2D eigenvalue weighted by molar-refractivity contribution is -0.129. The second-order valence-electron chi connectivity index (χ2n) is 11.2. The summed E-state index contributed by atoms with van der Waals surface area (Å²) in [7, 11) is 0. The van der Waals surface area contributed by atoms with Crippen LogP contribution in [0.1, 0.15) is 84.1 Å². The smallest absolute Gasteiger partial charge is 0.407 e. The van der Waals surface area contributed by atoms with Crippen molar-refractivity contribution in [1.82, 2.24) is 21.1 Å². The minimum atomic E-state index is -0.874.